The van der Waals surface area contributed by atoms with Crippen molar-refractivity contribution in [3.8, 4) is 16.9 Å². The van der Waals surface area contributed by atoms with Gasteiger partial charge in [0.2, 0.25) is 5.69 Å². The van der Waals surface area contributed by atoms with Crippen LogP contribution in [0.3, 0.4) is 0 Å². The molecule has 166 valence electrons. The summed E-state index contributed by atoms with van der Waals surface area (Å²) in [5, 5.41) is 7.60. The molecule has 35 heavy (non-hydrogen) atoms. The maximum absolute atomic E-state index is 2.39. The van der Waals surface area contributed by atoms with Gasteiger partial charge in [-0.15, -0.1) is 0 Å². The van der Waals surface area contributed by atoms with Gasteiger partial charge in [0.15, 0.2) is 6.20 Å². The summed E-state index contributed by atoms with van der Waals surface area (Å²) in [7, 11) is 2.14. The second kappa shape index (κ2) is 7.54. The van der Waals surface area contributed by atoms with E-state index in [1.165, 1.54) is 65.9 Å². The van der Waals surface area contributed by atoms with E-state index in [0.29, 0.717) is 0 Å². The lowest BCUT2D eigenvalue weighted by Gasteiger charge is -2.11. The average molecular weight is 450 g/mol. The van der Waals surface area contributed by atoms with Gasteiger partial charge in [-0.3, -0.25) is 0 Å². The summed E-state index contributed by atoms with van der Waals surface area (Å²) in [6.07, 6.45) is 2.24. The van der Waals surface area contributed by atoms with E-state index in [0.717, 1.165) is 0 Å². The molecule has 0 N–H and O–H groups in total. The van der Waals surface area contributed by atoms with Gasteiger partial charge in [-0.1, -0.05) is 66.7 Å². The summed E-state index contributed by atoms with van der Waals surface area (Å²) in [4.78, 5) is 0. The number of hydrogen-bond acceptors (Lipinski definition) is 0. The van der Waals surface area contributed by atoms with Crippen molar-refractivity contribution in [1.82, 2.24) is 4.57 Å². The molecule has 0 amide bonds. The number of pyridine rings is 1. The molecule has 0 radical (unpaired) electrons. The zero-order chi connectivity index (χ0) is 23.5. The molecule has 0 unspecified atom stereocenters. The second-order valence-electron chi connectivity index (χ2n) is 9.47. The highest BCUT2D eigenvalue weighted by molar-refractivity contribution is 6.09. The Labute approximate surface area is 204 Å². The van der Waals surface area contributed by atoms with Crippen LogP contribution in [0.2, 0.25) is 0 Å². The van der Waals surface area contributed by atoms with Crippen LogP contribution in [0.1, 0.15) is 5.56 Å². The molecule has 0 saturated carbocycles. The van der Waals surface area contributed by atoms with Gasteiger partial charge in [0.25, 0.3) is 0 Å². The minimum absolute atomic E-state index is 1.19. The first-order valence-electron chi connectivity index (χ1n) is 12.1. The van der Waals surface area contributed by atoms with Crippen LogP contribution in [0.25, 0.3) is 60.3 Å². The fraction of sp³-hybridized carbons (Fsp3) is 0.0606. The molecule has 7 aromatic rings. The number of aromatic nitrogens is 2. The van der Waals surface area contributed by atoms with E-state index < -0.39 is 0 Å². The van der Waals surface area contributed by atoms with Gasteiger partial charge < -0.3 is 4.57 Å². The van der Waals surface area contributed by atoms with E-state index in [4.69, 9.17) is 0 Å². The molecule has 2 aromatic heterocycles. The second-order valence-corrected chi connectivity index (χ2v) is 9.47. The zero-order valence-electron chi connectivity index (χ0n) is 19.9. The van der Waals surface area contributed by atoms with Crippen LogP contribution >= 0.6 is 0 Å². The SMILES string of the molecule is Cc1cc2ccccc2cc1-c1cc2cc(-n3c4ccccc4c4ccccc43)ccc2c[n+]1C. The highest BCUT2D eigenvalue weighted by Gasteiger charge is 2.17. The van der Waals surface area contributed by atoms with E-state index in [2.05, 4.69) is 138 Å². The number of fused-ring (bicyclic) bond motifs is 5. The monoisotopic (exact) mass is 449 g/mol. The largest absolute Gasteiger partial charge is 0.309 e. The van der Waals surface area contributed by atoms with Crippen LogP contribution in [-0.2, 0) is 7.05 Å². The van der Waals surface area contributed by atoms with E-state index in [1.807, 2.05) is 0 Å². The van der Waals surface area contributed by atoms with Gasteiger partial charge in [0.1, 0.15) is 7.05 Å². The third-order valence-electron chi connectivity index (χ3n) is 7.28. The Morgan fingerprint density at radius 2 is 1.20 bits per heavy atom. The maximum Gasteiger partial charge on any atom is 0.213 e. The van der Waals surface area contributed by atoms with Gasteiger partial charge in [0, 0.05) is 33.5 Å². The fourth-order valence-corrected chi connectivity index (χ4v) is 5.57. The fourth-order valence-electron chi connectivity index (χ4n) is 5.57. The van der Waals surface area contributed by atoms with Gasteiger partial charge in [-0.2, -0.15) is 0 Å². The molecule has 2 heteroatoms. The van der Waals surface area contributed by atoms with Gasteiger partial charge in [-0.25, -0.2) is 4.57 Å². The number of hydrogen-bond donors (Lipinski definition) is 0. The lowest BCUT2D eigenvalue weighted by molar-refractivity contribution is -0.659. The summed E-state index contributed by atoms with van der Waals surface area (Å²) in [6, 6.07) is 39.7. The van der Waals surface area contributed by atoms with E-state index in [9.17, 15) is 0 Å². The summed E-state index contributed by atoms with van der Waals surface area (Å²) >= 11 is 0. The summed E-state index contributed by atoms with van der Waals surface area (Å²) in [5.41, 5.74) is 7.44. The minimum atomic E-state index is 1.19. The number of aryl methyl sites for hydroxylation is 2. The van der Waals surface area contributed by atoms with Crippen molar-refractivity contribution >= 4 is 43.4 Å². The van der Waals surface area contributed by atoms with E-state index in [-0.39, 0.29) is 0 Å². The van der Waals surface area contributed by atoms with Crippen LogP contribution < -0.4 is 4.57 Å². The summed E-state index contributed by atoms with van der Waals surface area (Å²) in [6.45, 7) is 2.21. The number of rotatable bonds is 2. The van der Waals surface area contributed by atoms with Gasteiger partial charge >= 0.3 is 0 Å². The lowest BCUT2D eigenvalue weighted by Crippen LogP contribution is -2.30. The molecule has 2 nitrogen and oxygen atoms in total. The molecular weight excluding hydrogens is 424 g/mol. The normalized spacial score (nSPS) is 11.7. The molecule has 0 aliphatic heterocycles. The van der Waals surface area contributed by atoms with E-state index in [1.54, 1.807) is 0 Å². The van der Waals surface area contributed by atoms with Crippen molar-refractivity contribution in [2.75, 3.05) is 0 Å². The summed E-state index contributed by atoms with van der Waals surface area (Å²) < 4.78 is 4.64. The first kappa shape index (κ1) is 20.0. The van der Waals surface area contributed by atoms with Gasteiger partial charge in [0.05, 0.1) is 11.0 Å². The highest BCUT2D eigenvalue weighted by Crippen LogP contribution is 2.33. The van der Waals surface area contributed by atoms with Crippen molar-refractivity contribution in [2.45, 2.75) is 6.92 Å². The van der Waals surface area contributed by atoms with Crippen molar-refractivity contribution in [3.63, 3.8) is 0 Å². The Morgan fingerprint density at radius 3 is 1.91 bits per heavy atom. The standard InChI is InChI=1S/C33H25N2/c1-22-17-23-9-3-4-10-24(23)19-30(22)33-20-26-18-27(16-15-25(26)21-34(33)2)35-31-13-7-5-11-28(31)29-12-6-8-14-32(29)35/h3-21H,1-2H3/q+1. The van der Waals surface area contributed by atoms with Crippen molar-refractivity contribution in [2.24, 2.45) is 7.05 Å². The van der Waals surface area contributed by atoms with Crippen molar-refractivity contribution in [3.05, 3.63) is 121 Å². The Balaban J connectivity index is 1.47. The molecule has 0 bridgehead atoms. The zero-order valence-corrected chi connectivity index (χ0v) is 19.9. The molecular formula is C33H25N2+. The Hall–Kier alpha value is -4.43. The average Bonchev–Trinajstić information content (AvgIpc) is 3.22. The minimum Gasteiger partial charge on any atom is -0.309 e. The van der Waals surface area contributed by atoms with Crippen molar-refractivity contribution in [1.29, 1.82) is 0 Å². The molecule has 0 fully saturated rings. The van der Waals surface area contributed by atoms with Crippen LogP contribution in [0.5, 0.6) is 0 Å². The molecule has 0 aliphatic carbocycles. The lowest BCUT2D eigenvalue weighted by atomic mass is 9.98. The number of para-hydroxylation sites is 2. The number of nitrogens with zero attached hydrogens (tertiary/aromatic N) is 2. The third-order valence-corrected chi connectivity index (χ3v) is 7.28. The quantitative estimate of drug-likeness (QED) is 0.237. The topological polar surface area (TPSA) is 8.81 Å². The third kappa shape index (κ3) is 3.07. The molecule has 2 heterocycles. The Morgan fingerprint density at radius 1 is 0.571 bits per heavy atom. The molecule has 0 saturated heterocycles. The Kier molecular flexibility index (Phi) is 4.31. The van der Waals surface area contributed by atoms with Crippen LogP contribution in [0.4, 0.5) is 0 Å². The molecule has 0 spiro atoms. The smallest absolute Gasteiger partial charge is 0.213 e. The first-order valence-corrected chi connectivity index (χ1v) is 12.1. The van der Waals surface area contributed by atoms with Crippen LogP contribution in [-0.4, -0.2) is 4.57 Å². The predicted molar refractivity (Wildman–Crippen MR) is 147 cm³/mol. The highest BCUT2D eigenvalue weighted by atomic mass is 15.0. The van der Waals surface area contributed by atoms with Crippen molar-refractivity contribution < 1.29 is 4.57 Å². The van der Waals surface area contributed by atoms with Crippen LogP contribution in [0.15, 0.2) is 115 Å². The predicted octanol–water partition coefficient (Wildman–Crippen LogP) is 7.89. The summed E-state index contributed by atoms with van der Waals surface area (Å²) in [5.74, 6) is 0. The van der Waals surface area contributed by atoms with Gasteiger partial charge in [-0.05, 0) is 65.0 Å². The van der Waals surface area contributed by atoms with Crippen LogP contribution in [0, 0.1) is 6.92 Å². The Bertz CT molecular complexity index is 1870. The molecule has 7 rings (SSSR count). The first-order chi connectivity index (χ1) is 17.2. The maximum atomic E-state index is 2.39. The number of benzene rings is 5. The molecule has 0 aliphatic rings. The van der Waals surface area contributed by atoms with E-state index >= 15 is 0 Å². The molecule has 0 atom stereocenters. The molecule has 5 aromatic carbocycles.